The molecule has 3 heteroatoms. The van der Waals surface area contributed by atoms with Crippen LogP contribution in [-0.2, 0) is 7.05 Å². The van der Waals surface area contributed by atoms with Crippen LogP contribution in [0.15, 0.2) is 108 Å². The summed E-state index contributed by atoms with van der Waals surface area (Å²) >= 11 is 0. The fraction of sp³-hybridized carbons (Fsp3) is 0.0938. The van der Waals surface area contributed by atoms with Crippen molar-refractivity contribution in [2.75, 3.05) is 0 Å². The lowest BCUT2D eigenvalue weighted by atomic mass is 10.0. The number of nitrogens with zero attached hydrogens (tertiary/aromatic N) is 1. The Morgan fingerprint density at radius 3 is 2.11 bits per heavy atom. The summed E-state index contributed by atoms with van der Waals surface area (Å²) in [6, 6.07) is 35.7. The first kappa shape index (κ1) is 20.4. The van der Waals surface area contributed by atoms with Gasteiger partial charge in [-0.15, -0.1) is 0 Å². The van der Waals surface area contributed by atoms with Crippen molar-refractivity contribution in [1.82, 2.24) is 0 Å². The summed E-state index contributed by atoms with van der Waals surface area (Å²) in [7, 11) is -0.0317. The summed E-state index contributed by atoms with van der Waals surface area (Å²) in [6.07, 6.45) is 2.09. The van der Waals surface area contributed by atoms with Gasteiger partial charge in [0.1, 0.15) is 26.3 Å². The maximum atomic E-state index is 6.57. The van der Waals surface area contributed by atoms with E-state index in [1.165, 1.54) is 48.6 Å². The molecular weight excluding hydrogens is 442 g/mol. The van der Waals surface area contributed by atoms with Gasteiger partial charge in [0, 0.05) is 22.9 Å². The fourth-order valence-corrected chi connectivity index (χ4v) is 10.2. The fourth-order valence-electron chi connectivity index (χ4n) is 6.12. The van der Waals surface area contributed by atoms with Gasteiger partial charge in [0.25, 0.3) is 0 Å². The standard InChI is InChI=1S/C32H26NOSi/c1-21-15-17-25-26-20-22(16-18-28(26)34-32(25)31(21)27-12-8-9-19-33(27)2)35(3)29-13-6-4-10-23(29)24-11-5-7-14-30(24)35/h4-20H,1-3H3/q+1. The van der Waals surface area contributed by atoms with E-state index in [1.807, 2.05) is 0 Å². The highest BCUT2D eigenvalue weighted by Crippen LogP contribution is 2.37. The Kier molecular flexibility index (Phi) is 4.24. The number of fused-ring (bicyclic) bond motifs is 6. The largest absolute Gasteiger partial charge is 0.455 e. The predicted molar refractivity (Wildman–Crippen MR) is 147 cm³/mol. The first-order chi connectivity index (χ1) is 17.1. The second-order valence-electron chi connectivity index (χ2n) is 9.86. The summed E-state index contributed by atoms with van der Waals surface area (Å²) in [5.74, 6) is 0. The lowest BCUT2D eigenvalue weighted by Crippen LogP contribution is -2.62. The molecule has 0 N–H and O–H groups in total. The first-order valence-electron chi connectivity index (χ1n) is 12.2. The van der Waals surface area contributed by atoms with Crippen LogP contribution in [0, 0.1) is 6.92 Å². The van der Waals surface area contributed by atoms with Gasteiger partial charge in [0.2, 0.25) is 5.69 Å². The van der Waals surface area contributed by atoms with Gasteiger partial charge in [0.05, 0.1) is 5.56 Å². The van der Waals surface area contributed by atoms with Crippen LogP contribution in [-0.4, -0.2) is 8.07 Å². The van der Waals surface area contributed by atoms with Crippen molar-refractivity contribution in [3.8, 4) is 22.4 Å². The molecule has 0 radical (unpaired) electrons. The topological polar surface area (TPSA) is 17.0 Å². The highest BCUT2D eigenvalue weighted by atomic mass is 28.3. The zero-order valence-electron chi connectivity index (χ0n) is 20.2. The van der Waals surface area contributed by atoms with E-state index in [0.29, 0.717) is 0 Å². The Balaban J connectivity index is 1.51. The number of hydrogen-bond acceptors (Lipinski definition) is 1. The summed E-state index contributed by atoms with van der Waals surface area (Å²) in [4.78, 5) is 0. The van der Waals surface area contributed by atoms with E-state index in [0.717, 1.165) is 16.9 Å². The molecule has 2 aromatic heterocycles. The van der Waals surface area contributed by atoms with E-state index in [2.05, 4.69) is 128 Å². The molecule has 1 aliphatic rings. The molecule has 1 aliphatic heterocycles. The monoisotopic (exact) mass is 468 g/mol. The number of aryl methyl sites for hydroxylation is 2. The second kappa shape index (κ2) is 7.27. The maximum Gasteiger partial charge on any atom is 0.216 e. The Labute approximate surface area is 206 Å². The van der Waals surface area contributed by atoms with Gasteiger partial charge in [-0.1, -0.05) is 79.3 Å². The average Bonchev–Trinajstić information content (AvgIpc) is 3.38. The number of pyridine rings is 1. The molecule has 0 atom stereocenters. The molecule has 0 aliphatic carbocycles. The Bertz CT molecular complexity index is 1750. The van der Waals surface area contributed by atoms with E-state index in [1.54, 1.807) is 0 Å². The molecule has 3 heterocycles. The number of furan rings is 1. The minimum absolute atomic E-state index is 0.950. The predicted octanol–water partition coefficient (Wildman–Crippen LogP) is 5.47. The summed E-state index contributed by atoms with van der Waals surface area (Å²) in [6.45, 7) is 4.67. The average molecular weight is 469 g/mol. The van der Waals surface area contributed by atoms with Crippen LogP contribution < -0.4 is 20.1 Å². The van der Waals surface area contributed by atoms with Crippen LogP contribution in [0.4, 0.5) is 0 Å². The van der Waals surface area contributed by atoms with Gasteiger partial charge >= 0.3 is 0 Å². The Morgan fingerprint density at radius 2 is 1.40 bits per heavy atom. The molecule has 168 valence electrons. The van der Waals surface area contributed by atoms with E-state index in [9.17, 15) is 0 Å². The second-order valence-corrected chi connectivity index (χ2v) is 13.8. The van der Waals surface area contributed by atoms with Crippen molar-refractivity contribution >= 4 is 45.6 Å². The molecule has 0 spiro atoms. The minimum atomic E-state index is -2.12. The van der Waals surface area contributed by atoms with Gasteiger partial charge in [-0.3, -0.25) is 0 Å². The lowest BCUT2D eigenvalue weighted by molar-refractivity contribution is -0.660. The van der Waals surface area contributed by atoms with Gasteiger partial charge in [-0.25, -0.2) is 4.57 Å². The molecule has 2 nitrogen and oxygen atoms in total. The van der Waals surface area contributed by atoms with Crippen molar-refractivity contribution in [1.29, 1.82) is 0 Å². The number of benzene rings is 4. The summed E-state index contributed by atoms with van der Waals surface area (Å²) < 4.78 is 8.73. The number of aromatic nitrogens is 1. The van der Waals surface area contributed by atoms with Crippen LogP contribution in [0.3, 0.4) is 0 Å². The van der Waals surface area contributed by atoms with Crippen molar-refractivity contribution in [3.05, 3.63) is 109 Å². The molecule has 0 fully saturated rings. The van der Waals surface area contributed by atoms with Crippen LogP contribution >= 0.6 is 0 Å². The van der Waals surface area contributed by atoms with E-state index in [-0.39, 0.29) is 0 Å². The Hall–Kier alpha value is -3.95. The third kappa shape index (κ3) is 2.73. The van der Waals surface area contributed by atoms with Gasteiger partial charge in [0.15, 0.2) is 6.20 Å². The molecule has 0 amide bonds. The molecule has 4 aromatic carbocycles. The molecule has 6 aromatic rings. The molecule has 0 saturated carbocycles. The summed E-state index contributed by atoms with van der Waals surface area (Å²) in [5, 5.41) is 6.82. The zero-order valence-corrected chi connectivity index (χ0v) is 21.2. The molecule has 35 heavy (non-hydrogen) atoms. The molecule has 0 saturated heterocycles. The van der Waals surface area contributed by atoms with Crippen molar-refractivity contribution in [2.45, 2.75) is 13.5 Å². The smallest absolute Gasteiger partial charge is 0.216 e. The van der Waals surface area contributed by atoms with Crippen molar-refractivity contribution < 1.29 is 8.98 Å². The third-order valence-electron chi connectivity index (χ3n) is 7.96. The van der Waals surface area contributed by atoms with Crippen LogP contribution in [0.2, 0.25) is 6.55 Å². The highest BCUT2D eigenvalue weighted by Gasteiger charge is 2.42. The van der Waals surface area contributed by atoms with Crippen molar-refractivity contribution in [3.63, 3.8) is 0 Å². The zero-order chi connectivity index (χ0) is 23.7. The minimum Gasteiger partial charge on any atom is -0.455 e. The van der Waals surface area contributed by atoms with Crippen LogP contribution in [0.1, 0.15) is 5.56 Å². The van der Waals surface area contributed by atoms with E-state index in [4.69, 9.17) is 4.42 Å². The molecule has 0 bridgehead atoms. The normalized spacial score (nSPS) is 13.8. The summed E-state index contributed by atoms with van der Waals surface area (Å²) in [5.41, 5.74) is 8.26. The quantitative estimate of drug-likeness (QED) is 0.243. The van der Waals surface area contributed by atoms with Crippen LogP contribution in [0.5, 0.6) is 0 Å². The molecule has 0 unspecified atom stereocenters. The van der Waals surface area contributed by atoms with E-state index >= 15 is 0 Å². The molecular formula is C32H26NOSi+. The molecule has 7 rings (SSSR count). The van der Waals surface area contributed by atoms with Crippen molar-refractivity contribution in [2.24, 2.45) is 7.05 Å². The lowest BCUT2D eigenvalue weighted by Gasteiger charge is -2.25. The third-order valence-corrected chi connectivity index (χ3v) is 12.5. The first-order valence-corrected chi connectivity index (χ1v) is 14.7. The van der Waals surface area contributed by atoms with Gasteiger partial charge < -0.3 is 4.42 Å². The number of rotatable bonds is 2. The maximum absolute atomic E-state index is 6.57. The van der Waals surface area contributed by atoms with Gasteiger partial charge in [-0.05, 0) is 51.3 Å². The SMILES string of the molecule is Cc1ccc2c(oc3ccc([Si]4(C)c5ccccc5-c5ccccc54)cc32)c1-c1cccc[n+]1C. The highest BCUT2D eigenvalue weighted by molar-refractivity contribution is 7.13. The Morgan fingerprint density at radius 1 is 0.714 bits per heavy atom. The number of hydrogen-bond donors (Lipinski definition) is 0. The van der Waals surface area contributed by atoms with E-state index < -0.39 is 8.07 Å². The van der Waals surface area contributed by atoms with Crippen LogP contribution in [0.25, 0.3) is 44.3 Å². The van der Waals surface area contributed by atoms with Gasteiger partial charge in [-0.2, -0.15) is 0 Å².